The van der Waals surface area contributed by atoms with Gasteiger partial charge in [0.15, 0.2) is 0 Å². The molecule has 4 rings (SSSR count). The molecule has 0 atom stereocenters. The molecule has 0 aliphatic carbocycles. The summed E-state index contributed by atoms with van der Waals surface area (Å²) >= 11 is 1.31. The number of hydrogen-bond acceptors (Lipinski definition) is 5. The van der Waals surface area contributed by atoms with Crippen LogP contribution >= 0.6 is 11.8 Å². The second-order valence-electron chi connectivity index (χ2n) is 6.26. The van der Waals surface area contributed by atoms with Crippen LogP contribution in [0.1, 0.15) is 12.5 Å². The Hall–Kier alpha value is -3.19. The SMILES string of the molecule is CCc1ccc(NC(=O)CSc2nnnn2-c2cccc3ccccc23)cc1. The number of carbonyl (C=O) groups excluding carboxylic acids is 1. The van der Waals surface area contributed by atoms with E-state index in [1.807, 2.05) is 66.7 Å². The predicted octanol–water partition coefficient (Wildman–Crippen LogP) is 4.11. The maximum absolute atomic E-state index is 12.3. The maximum atomic E-state index is 12.3. The Morgan fingerprint density at radius 3 is 2.64 bits per heavy atom. The largest absolute Gasteiger partial charge is 0.325 e. The topological polar surface area (TPSA) is 72.7 Å². The van der Waals surface area contributed by atoms with E-state index in [1.165, 1.54) is 17.3 Å². The number of carbonyl (C=O) groups is 1. The van der Waals surface area contributed by atoms with Gasteiger partial charge in [0.25, 0.3) is 0 Å². The monoisotopic (exact) mass is 389 g/mol. The first kappa shape index (κ1) is 18.2. The number of hydrogen-bond donors (Lipinski definition) is 1. The third-order valence-electron chi connectivity index (χ3n) is 4.41. The van der Waals surface area contributed by atoms with Crippen LogP contribution in [-0.2, 0) is 11.2 Å². The third kappa shape index (κ3) is 3.89. The summed E-state index contributed by atoms with van der Waals surface area (Å²) in [5.41, 5.74) is 2.92. The summed E-state index contributed by atoms with van der Waals surface area (Å²) in [6, 6.07) is 21.9. The van der Waals surface area contributed by atoms with Crippen molar-refractivity contribution in [3.63, 3.8) is 0 Å². The lowest BCUT2D eigenvalue weighted by molar-refractivity contribution is -0.113. The molecule has 0 aliphatic rings. The van der Waals surface area contributed by atoms with Crippen molar-refractivity contribution >= 4 is 34.1 Å². The molecule has 3 aromatic carbocycles. The normalized spacial score (nSPS) is 10.9. The van der Waals surface area contributed by atoms with Gasteiger partial charge in [-0.3, -0.25) is 4.79 Å². The minimum atomic E-state index is -0.0956. The Kier molecular flexibility index (Phi) is 5.34. The fourth-order valence-electron chi connectivity index (χ4n) is 2.96. The molecule has 0 fully saturated rings. The molecule has 4 aromatic rings. The van der Waals surface area contributed by atoms with Crippen molar-refractivity contribution in [2.24, 2.45) is 0 Å². The highest BCUT2D eigenvalue weighted by Crippen LogP contribution is 2.25. The van der Waals surface area contributed by atoms with E-state index in [-0.39, 0.29) is 11.7 Å². The van der Waals surface area contributed by atoms with Crippen molar-refractivity contribution in [1.82, 2.24) is 20.2 Å². The molecule has 1 N–H and O–H groups in total. The van der Waals surface area contributed by atoms with Crippen LogP contribution in [0.25, 0.3) is 16.5 Å². The lowest BCUT2D eigenvalue weighted by Crippen LogP contribution is -2.14. The molecule has 6 nitrogen and oxygen atoms in total. The molecule has 0 spiro atoms. The average Bonchev–Trinajstić information content (AvgIpc) is 3.21. The van der Waals surface area contributed by atoms with Crippen LogP contribution in [0.2, 0.25) is 0 Å². The van der Waals surface area contributed by atoms with Gasteiger partial charge >= 0.3 is 0 Å². The number of tetrazole rings is 1. The molecule has 1 heterocycles. The van der Waals surface area contributed by atoms with E-state index in [0.717, 1.165) is 28.6 Å². The molecular formula is C21H19N5OS. The van der Waals surface area contributed by atoms with Crippen molar-refractivity contribution in [1.29, 1.82) is 0 Å². The summed E-state index contributed by atoms with van der Waals surface area (Å²) in [6.45, 7) is 2.10. The van der Waals surface area contributed by atoms with Gasteiger partial charge in [0.05, 0.1) is 11.4 Å². The Morgan fingerprint density at radius 1 is 1.04 bits per heavy atom. The molecule has 1 amide bonds. The first-order valence-corrected chi connectivity index (χ1v) is 10.0. The molecule has 0 aliphatic heterocycles. The molecule has 0 radical (unpaired) electrons. The summed E-state index contributed by atoms with van der Waals surface area (Å²) < 4.78 is 1.68. The number of rotatable bonds is 6. The zero-order valence-electron chi connectivity index (χ0n) is 15.4. The number of aromatic nitrogens is 4. The van der Waals surface area contributed by atoms with Crippen LogP contribution in [0.3, 0.4) is 0 Å². The van der Waals surface area contributed by atoms with Crippen molar-refractivity contribution in [3.05, 3.63) is 72.3 Å². The molecule has 0 unspecified atom stereocenters. The first-order chi connectivity index (χ1) is 13.7. The van der Waals surface area contributed by atoms with Crippen LogP contribution in [-0.4, -0.2) is 31.9 Å². The summed E-state index contributed by atoms with van der Waals surface area (Å²) in [4.78, 5) is 12.3. The molecule has 7 heteroatoms. The highest BCUT2D eigenvalue weighted by molar-refractivity contribution is 7.99. The lowest BCUT2D eigenvalue weighted by atomic mass is 10.1. The van der Waals surface area contributed by atoms with Gasteiger partial charge in [-0.1, -0.05) is 67.2 Å². The van der Waals surface area contributed by atoms with Gasteiger partial charge in [0, 0.05) is 11.1 Å². The van der Waals surface area contributed by atoms with Crippen LogP contribution in [0.15, 0.2) is 71.9 Å². The van der Waals surface area contributed by atoms with Crippen molar-refractivity contribution < 1.29 is 4.79 Å². The van der Waals surface area contributed by atoms with Gasteiger partial charge in [-0.05, 0) is 46.0 Å². The standard InChI is InChI=1S/C21H19N5OS/c1-2-15-10-12-17(13-11-15)22-20(27)14-28-21-23-24-25-26(21)19-9-5-7-16-6-3-4-8-18(16)19/h3-13H,2,14H2,1H3,(H,22,27). The highest BCUT2D eigenvalue weighted by atomic mass is 32.2. The van der Waals surface area contributed by atoms with Crippen LogP contribution in [0, 0.1) is 0 Å². The van der Waals surface area contributed by atoms with Gasteiger partial charge in [0.2, 0.25) is 11.1 Å². The van der Waals surface area contributed by atoms with Gasteiger partial charge in [-0.15, -0.1) is 5.10 Å². The number of anilines is 1. The van der Waals surface area contributed by atoms with E-state index >= 15 is 0 Å². The molecule has 0 saturated carbocycles. The van der Waals surface area contributed by atoms with Crippen molar-refractivity contribution in [2.45, 2.75) is 18.5 Å². The molecule has 140 valence electrons. The molecular weight excluding hydrogens is 370 g/mol. The van der Waals surface area contributed by atoms with Gasteiger partial charge in [-0.2, -0.15) is 4.68 Å². The van der Waals surface area contributed by atoms with E-state index in [1.54, 1.807) is 4.68 Å². The highest BCUT2D eigenvalue weighted by Gasteiger charge is 2.13. The quantitative estimate of drug-likeness (QED) is 0.503. The number of nitrogens with zero attached hydrogens (tertiary/aromatic N) is 4. The van der Waals surface area contributed by atoms with Crippen molar-refractivity contribution in [2.75, 3.05) is 11.1 Å². The van der Waals surface area contributed by atoms with Gasteiger partial charge in [-0.25, -0.2) is 0 Å². The van der Waals surface area contributed by atoms with E-state index < -0.39 is 0 Å². The number of amides is 1. The van der Waals surface area contributed by atoms with E-state index in [0.29, 0.717) is 5.16 Å². The smallest absolute Gasteiger partial charge is 0.234 e. The fourth-order valence-corrected chi connectivity index (χ4v) is 3.65. The predicted molar refractivity (Wildman–Crippen MR) is 112 cm³/mol. The number of benzene rings is 3. The maximum Gasteiger partial charge on any atom is 0.234 e. The Balaban J connectivity index is 1.48. The van der Waals surface area contributed by atoms with E-state index in [4.69, 9.17) is 0 Å². The van der Waals surface area contributed by atoms with Crippen LogP contribution in [0.5, 0.6) is 0 Å². The zero-order chi connectivity index (χ0) is 19.3. The molecule has 1 aromatic heterocycles. The van der Waals surface area contributed by atoms with E-state index in [2.05, 4.69) is 27.8 Å². The Labute approximate surface area is 167 Å². The summed E-state index contributed by atoms with van der Waals surface area (Å²) in [7, 11) is 0. The zero-order valence-corrected chi connectivity index (χ0v) is 16.2. The number of thioether (sulfide) groups is 1. The van der Waals surface area contributed by atoms with Crippen LogP contribution < -0.4 is 5.32 Å². The third-order valence-corrected chi connectivity index (χ3v) is 5.33. The van der Waals surface area contributed by atoms with Gasteiger partial charge < -0.3 is 5.32 Å². The summed E-state index contributed by atoms with van der Waals surface area (Å²) in [6.07, 6.45) is 0.973. The molecule has 28 heavy (non-hydrogen) atoms. The minimum absolute atomic E-state index is 0.0956. The number of fused-ring (bicyclic) bond motifs is 1. The number of nitrogens with one attached hydrogen (secondary N) is 1. The van der Waals surface area contributed by atoms with Gasteiger partial charge in [0.1, 0.15) is 0 Å². The molecule has 0 saturated heterocycles. The Bertz CT molecular complexity index is 1100. The van der Waals surface area contributed by atoms with E-state index in [9.17, 15) is 4.79 Å². The fraction of sp³-hybridized carbons (Fsp3) is 0.143. The Morgan fingerprint density at radius 2 is 1.82 bits per heavy atom. The van der Waals surface area contributed by atoms with Crippen LogP contribution in [0.4, 0.5) is 5.69 Å². The summed E-state index contributed by atoms with van der Waals surface area (Å²) in [5, 5.41) is 17.7. The lowest BCUT2D eigenvalue weighted by Gasteiger charge is -2.08. The number of aryl methyl sites for hydroxylation is 1. The summed E-state index contributed by atoms with van der Waals surface area (Å²) in [5.74, 6) is 0.127. The van der Waals surface area contributed by atoms with Crippen molar-refractivity contribution in [3.8, 4) is 5.69 Å². The first-order valence-electron chi connectivity index (χ1n) is 9.02. The second-order valence-corrected chi connectivity index (χ2v) is 7.20. The minimum Gasteiger partial charge on any atom is -0.325 e. The average molecular weight is 389 g/mol. The molecule has 0 bridgehead atoms. The second kappa shape index (κ2) is 8.22.